The Labute approximate surface area is 117 Å². The van der Waals surface area contributed by atoms with Crippen LogP contribution in [0.4, 0.5) is 5.69 Å². The minimum Gasteiger partial charge on any atom is -0.398 e. The van der Waals surface area contributed by atoms with Crippen molar-refractivity contribution < 1.29 is 0 Å². The number of hydrogen-bond acceptors (Lipinski definition) is 2. The number of nitrogens with two attached hydrogens (primary N) is 1. The van der Waals surface area contributed by atoms with Gasteiger partial charge in [-0.2, -0.15) is 5.26 Å². The minimum absolute atomic E-state index is 0.168. The fraction of sp³-hybridized carbons (Fsp3) is 0.588. The van der Waals surface area contributed by atoms with Crippen molar-refractivity contribution in [2.75, 3.05) is 5.73 Å². The van der Waals surface area contributed by atoms with Crippen LogP contribution in [-0.4, -0.2) is 0 Å². The zero-order valence-electron chi connectivity index (χ0n) is 13.1. The molecular weight excluding hydrogens is 232 g/mol. The number of nitriles is 1. The van der Waals surface area contributed by atoms with Gasteiger partial charge in [0.05, 0.1) is 11.6 Å². The Balaban J connectivity index is 3.26. The molecule has 0 aliphatic carbocycles. The highest BCUT2D eigenvalue weighted by Gasteiger charge is 2.19. The van der Waals surface area contributed by atoms with Gasteiger partial charge in [0, 0.05) is 5.69 Å². The fourth-order valence-electron chi connectivity index (χ4n) is 2.28. The zero-order valence-corrected chi connectivity index (χ0v) is 13.1. The molecule has 2 nitrogen and oxygen atoms in total. The molecule has 1 rings (SSSR count). The van der Waals surface area contributed by atoms with Gasteiger partial charge in [-0.3, -0.25) is 0 Å². The van der Waals surface area contributed by atoms with Gasteiger partial charge >= 0.3 is 0 Å². The Morgan fingerprint density at radius 2 is 1.32 bits per heavy atom. The third-order valence-electron chi connectivity index (χ3n) is 2.92. The van der Waals surface area contributed by atoms with Gasteiger partial charge in [0.1, 0.15) is 0 Å². The highest BCUT2D eigenvalue weighted by Crippen LogP contribution is 2.31. The third-order valence-corrected chi connectivity index (χ3v) is 2.92. The van der Waals surface area contributed by atoms with Crippen LogP contribution >= 0.6 is 0 Å². The predicted octanol–water partition coefficient (Wildman–Crippen LogP) is 4.32. The summed E-state index contributed by atoms with van der Waals surface area (Å²) in [4.78, 5) is 0. The molecule has 104 valence electrons. The van der Waals surface area contributed by atoms with Crippen LogP contribution in [0.5, 0.6) is 0 Å². The molecule has 0 saturated heterocycles. The van der Waals surface area contributed by atoms with Crippen molar-refractivity contribution in [1.82, 2.24) is 0 Å². The smallest absolute Gasteiger partial charge is 0.0991 e. The zero-order chi connectivity index (χ0) is 14.8. The Kier molecular flexibility index (Phi) is 4.30. The van der Waals surface area contributed by atoms with E-state index < -0.39 is 0 Å². The molecule has 0 aliphatic heterocycles. The topological polar surface area (TPSA) is 49.8 Å². The van der Waals surface area contributed by atoms with Gasteiger partial charge in [0.25, 0.3) is 0 Å². The lowest BCUT2D eigenvalue weighted by Crippen LogP contribution is -2.15. The summed E-state index contributed by atoms with van der Waals surface area (Å²) in [6, 6.07) is 6.13. The molecule has 0 atom stereocenters. The molecule has 2 heteroatoms. The summed E-state index contributed by atoms with van der Waals surface area (Å²) in [5.41, 5.74) is 10.4. The standard InChI is InChI=1S/C17H26N2/c1-16(2,3)9-13-7-12(11-18)8-14(15(13)19)10-17(4,5)6/h7-8H,9-10,19H2,1-6H3. The van der Waals surface area contributed by atoms with Crippen LogP contribution in [0.1, 0.15) is 58.2 Å². The molecule has 0 radical (unpaired) electrons. The lowest BCUT2D eigenvalue weighted by Gasteiger charge is -2.24. The van der Waals surface area contributed by atoms with E-state index in [-0.39, 0.29) is 10.8 Å². The molecule has 0 fully saturated rings. The van der Waals surface area contributed by atoms with Gasteiger partial charge in [-0.05, 0) is 46.9 Å². The van der Waals surface area contributed by atoms with Crippen LogP contribution in [0.3, 0.4) is 0 Å². The Morgan fingerprint density at radius 1 is 0.947 bits per heavy atom. The number of rotatable bonds is 2. The van der Waals surface area contributed by atoms with E-state index in [1.807, 2.05) is 12.1 Å². The maximum Gasteiger partial charge on any atom is 0.0991 e. The predicted molar refractivity (Wildman–Crippen MR) is 81.9 cm³/mol. The molecular formula is C17H26N2. The largest absolute Gasteiger partial charge is 0.398 e. The second-order valence-electron chi connectivity index (χ2n) is 7.79. The molecule has 2 N–H and O–H groups in total. The monoisotopic (exact) mass is 258 g/mol. The van der Waals surface area contributed by atoms with Crippen LogP contribution in [-0.2, 0) is 12.8 Å². The number of hydrogen-bond donors (Lipinski definition) is 1. The fourth-order valence-corrected chi connectivity index (χ4v) is 2.28. The Hall–Kier alpha value is -1.49. The van der Waals surface area contributed by atoms with Gasteiger partial charge in [0.15, 0.2) is 0 Å². The molecule has 0 spiro atoms. The lowest BCUT2D eigenvalue weighted by atomic mass is 9.82. The first kappa shape index (κ1) is 15.6. The molecule has 0 unspecified atom stereocenters. The average molecular weight is 258 g/mol. The lowest BCUT2D eigenvalue weighted by molar-refractivity contribution is 0.407. The van der Waals surface area contributed by atoms with E-state index in [2.05, 4.69) is 47.6 Å². The molecule has 0 amide bonds. The Morgan fingerprint density at radius 3 is 1.58 bits per heavy atom. The SMILES string of the molecule is CC(C)(C)Cc1cc(C#N)cc(CC(C)(C)C)c1N. The molecule has 0 saturated carbocycles. The maximum atomic E-state index is 9.18. The second kappa shape index (κ2) is 5.25. The summed E-state index contributed by atoms with van der Waals surface area (Å²) in [6.07, 6.45) is 1.79. The molecule has 1 aromatic carbocycles. The van der Waals surface area contributed by atoms with Crippen LogP contribution in [0.2, 0.25) is 0 Å². The van der Waals surface area contributed by atoms with E-state index in [0.717, 1.165) is 29.7 Å². The first-order chi connectivity index (χ1) is 8.52. The summed E-state index contributed by atoms with van der Waals surface area (Å²) in [6.45, 7) is 13.1. The minimum atomic E-state index is 0.168. The quantitative estimate of drug-likeness (QED) is 0.803. The van der Waals surface area contributed by atoms with Crippen LogP contribution in [0.15, 0.2) is 12.1 Å². The van der Waals surface area contributed by atoms with Gasteiger partial charge in [-0.1, -0.05) is 41.5 Å². The van der Waals surface area contributed by atoms with Crippen molar-refractivity contribution in [3.63, 3.8) is 0 Å². The van der Waals surface area contributed by atoms with Crippen LogP contribution in [0, 0.1) is 22.2 Å². The van der Waals surface area contributed by atoms with Crippen molar-refractivity contribution in [3.8, 4) is 6.07 Å². The summed E-state index contributed by atoms with van der Waals surface area (Å²) >= 11 is 0. The molecule has 19 heavy (non-hydrogen) atoms. The number of nitrogen functional groups attached to an aromatic ring is 1. The molecule has 0 aromatic heterocycles. The van der Waals surface area contributed by atoms with Crippen LogP contribution in [0.25, 0.3) is 0 Å². The summed E-state index contributed by atoms with van der Waals surface area (Å²) < 4.78 is 0. The van der Waals surface area contributed by atoms with Crippen LogP contribution < -0.4 is 5.73 Å². The summed E-state index contributed by atoms with van der Waals surface area (Å²) in [5, 5.41) is 9.18. The molecule has 0 bridgehead atoms. The molecule has 0 aliphatic rings. The van der Waals surface area contributed by atoms with Crippen molar-refractivity contribution in [2.24, 2.45) is 10.8 Å². The first-order valence-electron chi connectivity index (χ1n) is 6.83. The third kappa shape index (κ3) is 4.95. The number of nitrogens with zero attached hydrogens (tertiary/aromatic N) is 1. The van der Waals surface area contributed by atoms with Gasteiger partial charge in [0.2, 0.25) is 0 Å². The van der Waals surface area contributed by atoms with E-state index in [4.69, 9.17) is 5.73 Å². The van der Waals surface area contributed by atoms with Gasteiger partial charge in [-0.15, -0.1) is 0 Å². The van der Waals surface area contributed by atoms with E-state index in [1.54, 1.807) is 0 Å². The van der Waals surface area contributed by atoms with E-state index >= 15 is 0 Å². The highest BCUT2D eigenvalue weighted by molar-refractivity contribution is 5.58. The summed E-state index contributed by atoms with van der Waals surface area (Å²) in [7, 11) is 0. The van der Waals surface area contributed by atoms with Gasteiger partial charge < -0.3 is 5.73 Å². The molecule has 1 aromatic rings. The van der Waals surface area contributed by atoms with E-state index in [9.17, 15) is 5.26 Å². The summed E-state index contributed by atoms with van der Waals surface area (Å²) in [5.74, 6) is 0. The van der Waals surface area contributed by atoms with E-state index in [0.29, 0.717) is 5.56 Å². The maximum absolute atomic E-state index is 9.18. The van der Waals surface area contributed by atoms with Crippen molar-refractivity contribution in [3.05, 3.63) is 28.8 Å². The van der Waals surface area contributed by atoms with Crippen molar-refractivity contribution in [2.45, 2.75) is 54.4 Å². The normalized spacial score (nSPS) is 12.3. The first-order valence-corrected chi connectivity index (χ1v) is 6.83. The van der Waals surface area contributed by atoms with Gasteiger partial charge in [-0.25, -0.2) is 0 Å². The van der Waals surface area contributed by atoms with Crippen molar-refractivity contribution >= 4 is 5.69 Å². The number of benzene rings is 1. The van der Waals surface area contributed by atoms with E-state index in [1.165, 1.54) is 0 Å². The van der Waals surface area contributed by atoms with Crippen molar-refractivity contribution in [1.29, 1.82) is 5.26 Å². The molecule has 0 heterocycles. The second-order valence-corrected chi connectivity index (χ2v) is 7.79. The average Bonchev–Trinajstić information content (AvgIpc) is 2.19. The Bertz CT molecular complexity index is 456. The number of anilines is 1. The highest BCUT2D eigenvalue weighted by atomic mass is 14.6.